The Balaban J connectivity index is 2.22. The summed E-state index contributed by atoms with van der Waals surface area (Å²) in [5.74, 6) is -1.12. The van der Waals surface area contributed by atoms with Crippen LogP contribution in [-0.4, -0.2) is 132 Å². The largest absolute Gasteiger partial charge is 0.397 e. The minimum Gasteiger partial charge on any atom is -0.352 e. The molecule has 1 fully saturated rings. The topological polar surface area (TPSA) is 322 Å². The van der Waals surface area contributed by atoms with Gasteiger partial charge in [-0.1, -0.05) is 30.3 Å². The molecule has 2 rings (SSSR count). The molecule has 0 aliphatic carbocycles. The highest BCUT2D eigenvalue weighted by atomic mass is 32.3. The third-order valence-corrected chi connectivity index (χ3v) is 7.50. The van der Waals surface area contributed by atoms with Gasteiger partial charge in [-0.2, -0.15) is 33.7 Å². The Morgan fingerprint density at radius 3 is 1.89 bits per heavy atom. The van der Waals surface area contributed by atoms with E-state index in [9.17, 15) is 52.4 Å². The molecule has 5 atom stereocenters. The summed E-state index contributed by atoms with van der Waals surface area (Å²) in [7, 11) is -22.3. The lowest BCUT2D eigenvalue weighted by atomic mass is 9.99. The molecule has 2 amide bonds. The number of hydrogen-bond acceptors (Lipinski definition) is 16. The lowest BCUT2D eigenvalue weighted by molar-refractivity contribution is -0.285. The van der Waals surface area contributed by atoms with Gasteiger partial charge in [0.2, 0.25) is 11.8 Å². The molecule has 22 nitrogen and oxygen atoms in total. The maximum absolute atomic E-state index is 12.5. The first kappa shape index (κ1) is 39.7. The van der Waals surface area contributed by atoms with E-state index in [2.05, 4.69) is 22.0 Å². The van der Waals surface area contributed by atoms with Crippen LogP contribution in [0.5, 0.6) is 0 Å². The van der Waals surface area contributed by atoms with Crippen molar-refractivity contribution in [3.05, 3.63) is 35.9 Å². The lowest BCUT2D eigenvalue weighted by Crippen LogP contribution is -2.63. The van der Waals surface area contributed by atoms with E-state index in [1.54, 1.807) is 18.2 Å². The van der Waals surface area contributed by atoms with E-state index < -0.39 is 110 Å². The zero-order chi connectivity index (χ0) is 34.9. The van der Waals surface area contributed by atoms with Gasteiger partial charge >= 0.3 is 41.6 Å². The second kappa shape index (κ2) is 16.6. The summed E-state index contributed by atoms with van der Waals surface area (Å²) >= 11 is 0. The second-order valence-corrected chi connectivity index (χ2v) is 13.4. The van der Waals surface area contributed by atoms with Crippen LogP contribution in [-0.2, 0) is 83.8 Å². The van der Waals surface area contributed by atoms with E-state index in [0.29, 0.717) is 6.42 Å². The average molecular weight is 747 g/mol. The summed E-state index contributed by atoms with van der Waals surface area (Å²) in [4.78, 5) is 25.7. The molecule has 0 radical (unpaired) electrons. The predicted octanol–water partition coefficient (Wildman–Crippen LogP) is -2.68. The number of hydrogen-bond donors (Lipinski definition) is 5. The van der Waals surface area contributed by atoms with Gasteiger partial charge in [0.1, 0.15) is 18.3 Å². The highest BCUT2D eigenvalue weighted by molar-refractivity contribution is 7.81. The normalized spacial score (nSPS) is 22.7. The highest BCUT2D eigenvalue weighted by Gasteiger charge is 2.54. The van der Waals surface area contributed by atoms with Crippen LogP contribution < -0.4 is 5.32 Å². The SMILES string of the molecule is CC(=O)N(CCc1ccccc1)CC(=O)NCCO[C@@H]1O[C@H](COS(=O)(=O)O)[C@@H](OS(=O)(=O)O)[C@H](OS(=O)(=O)O)[C@@H]1OS(=O)(=O)O. The van der Waals surface area contributed by atoms with Crippen LogP contribution in [0.3, 0.4) is 0 Å². The number of nitrogens with one attached hydrogen (secondary N) is 1. The van der Waals surface area contributed by atoms with E-state index in [-0.39, 0.29) is 6.54 Å². The van der Waals surface area contributed by atoms with Gasteiger partial charge in [0, 0.05) is 20.0 Å². The average Bonchev–Trinajstić information content (AvgIpc) is 2.88. The molecular formula is C20H30N2O20S4. The van der Waals surface area contributed by atoms with Crippen LogP contribution in [0.1, 0.15) is 12.5 Å². The van der Waals surface area contributed by atoms with E-state index in [1.165, 1.54) is 11.8 Å². The van der Waals surface area contributed by atoms with Gasteiger partial charge in [0.25, 0.3) is 0 Å². The van der Waals surface area contributed by atoms with Gasteiger partial charge in [-0.3, -0.25) is 27.8 Å². The Morgan fingerprint density at radius 2 is 1.37 bits per heavy atom. The molecule has 46 heavy (non-hydrogen) atoms. The van der Waals surface area contributed by atoms with Crippen LogP contribution in [0.2, 0.25) is 0 Å². The molecule has 0 saturated carbocycles. The molecule has 1 heterocycles. The quantitative estimate of drug-likeness (QED) is 0.0754. The first-order chi connectivity index (χ1) is 21.0. The van der Waals surface area contributed by atoms with Gasteiger partial charge < -0.3 is 19.7 Å². The summed E-state index contributed by atoms with van der Waals surface area (Å²) in [5, 5.41) is 2.35. The third kappa shape index (κ3) is 15.4. The van der Waals surface area contributed by atoms with Gasteiger partial charge in [-0.25, -0.2) is 16.7 Å². The molecule has 1 aromatic rings. The summed E-state index contributed by atoms with van der Waals surface area (Å²) < 4.78 is 155. The van der Waals surface area contributed by atoms with Gasteiger partial charge in [-0.15, -0.1) is 0 Å². The smallest absolute Gasteiger partial charge is 0.352 e. The zero-order valence-corrected chi connectivity index (χ0v) is 26.7. The molecular weight excluding hydrogens is 716 g/mol. The number of ether oxygens (including phenoxy) is 2. The number of rotatable bonds is 18. The van der Waals surface area contributed by atoms with Crippen LogP contribution in [0.15, 0.2) is 30.3 Å². The molecule has 264 valence electrons. The Morgan fingerprint density at radius 1 is 0.826 bits per heavy atom. The number of benzene rings is 1. The van der Waals surface area contributed by atoms with Crippen LogP contribution in [0, 0.1) is 0 Å². The van der Waals surface area contributed by atoms with Crippen molar-refractivity contribution in [2.45, 2.75) is 44.1 Å². The molecule has 1 aliphatic heterocycles. The Bertz CT molecular complexity index is 1620. The fourth-order valence-corrected chi connectivity index (χ4v) is 5.70. The van der Waals surface area contributed by atoms with Crippen molar-refractivity contribution in [2.75, 3.05) is 32.8 Å². The van der Waals surface area contributed by atoms with Crippen molar-refractivity contribution in [2.24, 2.45) is 0 Å². The van der Waals surface area contributed by atoms with E-state index in [1.807, 2.05) is 12.1 Å². The maximum Gasteiger partial charge on any atom is 0.397 e. The number of carbonyl (C=O) groups is 2. The summed E-state index contributed by atoms with van der Waals surface area (Å²) in [6, 6.07) is 9.04. The first-order valence-electron chi connectivity index (χ1n) is 12.4. The summed E-state index contributed by atoms with van der Waals surface area (Å²) in [6.07, 6.45) is -12.1. The van der Waals surface area contributed by atoms with Crippen molar-refractivity contribution in [1.82, 2.24) is 10.2 Å². The highest BCUT2D eigenvalue weighted by Crippen LogP contribution is 2.32. The molecule has 1 aromatic carbocycles. The third-order valence-electron chi connectivity index (χ3n) is 5.67. The van der Waals surface area contributed by atoms with E-state index >= 15 is 0 Å². The van der Waals surface area contributed by atoms with Gasteiger partial charge in [0.15, 0.2) is 12.4 Å². The Labute approximate surface area is 263 Å². The standard InChI is InChI=1S/C20H30N2O20S4/c1-13(23)22(9-7-14-5-3-2-4-6-14)11-16(24)21-8-10-37-20-19(42-46(34,35)36)18(41-45(31,32)33)17(40-44(28,29)30)15(39-20)12-38-43(25,26)27/h2-6,15,17-20H,7-12H2,1H3,(H,21,24)(H,25,26,27)(H,28,29,30)(H,31,32,33)(H,34,35,36)/t15-,17-,18+,19+,20-/m1/s1. The van der Waals surface area contributed by atoms with E-state index in [4.69, 9.17) is 18.6 Å². The summed E-state index contributed by atoms with van der Waals surface area (Å²) in [5.41, 5.74) is 0.900. The summed E-state index contributed by atoms with van der Waals surface area (Å²) in [6.45, 7) is -1.51. The van der Waals surface area contributed by atoms with Crippen LogP contribution in [0.25, 0.3) is 0 Å². The molecule has 1 aliphatic rings. The molecule has 0 unspecified atom stereocenters. The van der Waals surface area contributed by atoms with Crippen molar-refractivity contribution in [1.29, 1.82) is 0 Å². The first-order valence-corrected chi connectivity index (χ1v) is 17.9. The Kier molecular flexibility index (Phi) is 14.3. The van der Waals surface area contributed by atoms with Crippen molar-refractivity contribution in [3.8, 4) is 0 Å². The lowest BCUT2D eigenvalue weighted by Gasteiger charge is -2.43. The van der Waals surface area contributed by atoms with Gasteiger partial charge in [-0.05, 0) is 12.0 Å². The minimum atomic E-state index is -5.69. The monoisotopic (exact) mass is 746 g/mol. The van der Waals surface area contributed by atoms with Crippen molar-refractivity contribution < 1.29 is 87.7 Å². The molecule has 1 saturated heterocycles. The molecule has 0 aromatic heterocycles. The Hall–Kier alpha value is -2.44. The van der Waals surface area contributed by atoms with E-state index in [0.717, 1.165) is 5.56 Å². The predicted molar refractivity (Wildman–Crippen MR) is 147 cm³/mol. The van der Waals surface area contributed by atoms with Crippen LogP contribution in [0.4, 0.5) is 0 Å². The molecule has 26 heteroatoms. The fourth-order valence-electron chi connectivity index (χ4n) is 3.90. The molecule has 5 N–H and O–H groups in total. The molecule has 0 spiro atoms. The number of nitrogens with zero attached hydrogens (tertiary/aromatic N) is 1. The van der Waals surface area contributed by atoms with Crippen molar-refractivity contribution in [3.63, 3.8) is 0 Å². The number of carbonyl (C=O) groups excluding carboxylic acids is 2. The van der Waals surface area contributed by atoms with Crippen molar-refractivity contribution >= 4 is 53.4 Å². The second-order valence-electron chi connectivity index (χ2n) is 9.12. The minimum absolute atomic E-state index is 0.183. The maximum atomic E-state index is 12.5. The van der Waals surface area contributed by atoms with Crippen LogP contribution >= 0.6 is 0 Å². The fraction of sp³-hybridized carbons (Fsp3) is 0.600. The zero-order valence-electron chi connectivity index (χ0n) is 23.4. The van der Waals surface area contributed by atoms with Gasteiger partial charge in [0.05, 0.1) is 19.8 Å². The molecule has 0 bridgehead atoms. The number of amides is 2.